The molecule has 0 aliphatic heterocycles. The summed E-state index contributed by atoms with van der Waals surface area (Å²) < 4.78 is 31.9. The second-order valence-electron chi connectivity index (χ2n) is 4.49. The van der Waals surface area contributed by atoms with Crippen LogP contribution in [0.3, 0.4) is 0 Å². The highest BCUT2D eigenvalue weighted by atomic mass is 35.5. The van der Waals surface area contributed by atoms with Crippen molar-refractivity contribution >= 4 is 23.6 Å². The van der Waals surface area contributed by atoms with E-state index in [0.717, 1.165) is 12.1 Å². The van der Waals surface area contributed by atoms with Crippen molar-refractivity contribution in [3.8, 4) is 6.07 Å². The van der Waals surface area contributed by atoms with Gasteiger partial charge in [-0.05, 0) is 36.4 Å². The van der Waals surface area contributed by atoms with Gasteiger partial charge in [0.05, 0.1) is 16.7 Å². The van der Waals surface area contributed by atoms with Crippen molar-refractivity contribution in [3.63, 3.8) is 0 Å². The minimum atomic E-state index is -0.786. The number of carbonyl (C=O) groups is 1. The normalized spacial score (nSPS) is 10.5. The number of hydrogen-bond acceptors (Lipinski definition) is 3. The van der Waals surface area contributed by atoms with E-state index in [4.69, 9.17) is 21.6 Å². The Morgan fingerprint density at radius 2 is 2.04 bits per heavy atom. The molecule has 23 heavy (non-hydrogen) atoms. The van der Waals surface area contributed by atoms with E-state index in [-0.39, 0.29) is 28.3 Å². The van der Waals surface area contributed by atoms with Crippen molar-refractivity contribution in [2.75, 3.05) is 0 Å². The number of rotatable bonds is 4. The van der Waals surface area contributed by atoms with Gasteiger partial charge in [0.15, 0.2) is 0 Å². The average Bonchev–Trinajstić information content (AvgIpc) is 2.53. The van der Waals surface area contributed by atoms with E-state index in [1.165, 1.54) is 36.4 Å². The Morgan fingerprint density at radius 1 is 1.26 bits per heavy atom. The highest BCUT2D eigenvalue weighted by molar-refractivity contribution is 6.32. The van der Waals surface area contributed by atoms with Crippen LogP contribution in [-0.4, -0.2) is 5.97 Å². The lowest BCUT2D eigenvalue weighted by Crippen LogP contribution is -2.03. The molecule has 2 aromatic carbocycles. The first-order valence-electron chi connectivity index (χ1n) is 6.48. The highest BCUT2D eigenvalue weighted by Gasteiger charge is 2.07. The van der Waals surface area contributed by atoms with E-state index in [2.05, 4.69) is 0 Å². The van der Waals surface area contributed by atoms with Gasteiger partial charge in [0, 0.05) is 17.2 Å². The van der Waals surface area contributed by atoms with Crippen molar-refractivity contribution < 1.29 is 18.3 Å². The number of carbonyl (C=O) groups excluding carboxylic acids is 1. The largest absolute Gasteiger partial charge is 0.458 e. The molecule has 0 saturated heterocycles. The number of benzene rings is 2. The van der Waals surface area contributed by atoms with Crippen molar-refractivity contribution in [3.05, 3.63) is 75.8 Å². The third kappa shape index (κ3) is 4.38. The third-order valence-corrected chi connectivity index (χ3v) is 3.26. The van der Waals surface area contributed by atoms with Crippen molar-refractivity contribution in [1.82, 2.24) is 0 Å². The van der Waals surface area contributed by atoms with Gasteiger partial charge in [-0.2, -0.15) is 5.26 Å². The maximum Gasteiger partial charge on any atom is 0.331 e. The third-order valence-electron chi connectivity index (χ3n) is 2.93. The smallest absolute Gasteiger partial charge is 0.331 e. The molecule has 2 rings (SSSR count). The van der Waals surface area contributed by atoms with E-state index in [0.29, 0.717) is 0 Å². The second-order valence-corrected chi connectivity index (χ2v) is 4.90. The summed E-state index contributed by atoms with van der Waals surface area (Å²) in [5.74, 6) is -1.95. The maximum atomic E-state index is 13.5. The molecule has 0 spiro atoms. The summed E-state index contributed by atoms with van der Waals surface area (Å²) in [6.07, 6.45) is 2.18. The molecule has 6 heteroatoms. The fourth-order valence-electron chi connectivity index (χ4n) is 1.77. The minimum Gasteiger partial charge on any atom is -0.458 e. The van der Waals surface area contributed by atoms with E-state index in [1.807, 2.05) is 6.07 Å². The first-order valence-corrected chi connectivity index (χ1v) is 6.86. The van der Waals surface area contributed by atoms with Crippen molar-refractivity contribution in [1.29, 1.82) is 5.26 Å². The monoisotopic (exact) mass is 333 g/mol. The number of esters is 1. The van der Waals surface area contributed by atoms with Crippen LogP contribution in [0.4, 0.5) is 8.78 Å². The van der Waals surface area contributed by atoms with Crippen LogP contribution in [0, 0.1) is 23.0 Å². The first-order chi connectivity index (χ1) is 11.0. The molecule has 0 amide bonds. The van der Waals surface area contributed by atoms with Gasteiger partial charge < -0.3 is 4.74 Å². The summed E-state index contributed by atoms with van der Waals surface area (Å²) in [4.78, 5) is 11.6. The Balaban J connectivity index is 2.04. The number of halogens is 3. The maximum absolute atomic E-state index is 13.5. The number of hydrogen-bond donors (Lipinski definition) is 0. The summed E-state index contributed by atoms with van der Waals surface area (Å²) >= 11 is 5.82. The second kappa shape index (κ2) is 7.52. The SMILES string of the molecule is N#Cc1ccc(F)c(COC(=O)/C=C/c2c(F)cccc2Cl)c1. The Hall–Kier alpha value is -2.71. The minimum absolute atomic E-state index is 0.0591. The summed E-state index contributed by atoms with van der Waals surface area (Å²) in [6, 6.07) is 9.73. The quantitative estimate of drug-likeness (QED) is 0.621. The molecule has 0 saturated carbocycles. The van der Waals surface area contributed by atoms with Crippen LogP contribution in [0.1, 0.15) is 16.7 Å². The summed E-state index contributed by atoms with van der Waals surface area (Å²) in [7, 11) is 0. The molecular formula is C17H10ClF2NO2. The highest BCUT2D eigenvalue weighted by Crippen LogP contribution is 2.20. The van der Waals surface area contributed by atoms with Crippen molar-refractivity contribution in [2.45, 2.75) is 6.61 Å². The van der Waals surface area contributed by atoms with Gasteiger partial charge >= 0.3 is 5.97 Å². The molecule has 0 aliphatic carbocycles. The topological polar surface area (TPSA) is 50.1 Å². The zero-order valence-corrected chi connectivity index (χ0v) is 12.5. The molecular weight excluding hydrogens is 324 g/mol. The lowest BCUT2D eigenvalue weighted by molar-refractivity contribution is -0.138. The van der Waals surface area contributed by atoms with Crippen LogP contribution in [0.2, 0.25) is 5.02 Å². The molecule has 116 valence electrons. The van der Waals surface area contributed by atoms with Crippen LogP contribution in [0.5, 0.6) is 0 Å². The van der Waals surface area contributed by atoms with Gasteiger partial charge in [-0.1, -0.05) is 17.7 Å². The molecule has 0 N–H and O–H groups in total. The molecule has 0 bridgehead atoms. The van der Waals surface area contributed by atoms with E-state index in [1.54, 1.807) is 0 Å². The zero-order valence-electron chi connectivity index (χ0n) is 11.7. The lowest BCUT2D eigenvalue weighted by Gasteiger charge is -2.04. The lowest BCUT2D eigenvalue weighted by atomic mass is 10.1. The van der Waals surface area contributed by atoms with E-state index in [9.17, 15) is 13.6 Å². The molecule has 0 atom stereocenters. The van der Waals surface area contributed by atoms with Gasteiger partial charge in [-0.25, -0.2) is 13.6 Å². The molecule has 0 unspecified atom stereocenters. The van der Waals surface area contributed by atoms with Crippen LogP contribution >= 0.6 is 11.6 Å². The number of nitrogens with zero attached hydrogens (tertiary/aromatic N) is 1. The molecule has 0 heterocycles. The van der Waals surface area contributed by atoms with Gasteiger partial charge in [-0.3, -0.25) is 0 Å². The molecule has 0 aromatic heterocycles. The standard InChI is InChI=1S/C17H10ClF2NO2/c18-14-2-1-3-16(20)13(14)5-7-17(22)23-10-12-8-11(9-21)4-6-15(12)19/h1-8H,10H2/b7-5+. The van der Waals surface area contributed by atoms with Gasteiger partial charge in [-0.15, -0.1) is 0 Å². The Labute approximate surface area is 136 Å². The Bertz CT molecular complexity index is 792. The molecule has 0 aliphatic rings. The fraction of sp³-hybridized carbons (Fsp3) is 0.0588. The number of ether oxygens (including phenoxy) is 1. The molecule has 0 radical (unpaired) electrons. The van der Waals surface area contributed by atoms with Gasteiger partial charge in [0.2, 0.25) is 0 Å². The average molecular weight is 334 g/mol. The molecule has 3 nitrogen and oxygen atoms in total. The number of nitriles is 1. The van der Waals surface area contributed by atoms with Crippen LogP contribution < -0.4 is 0 Å². The molecule has 0 fully saturated rings. The van der Waals surface area contributed by atoms with Crippen LogP contribution in [0.15, 0.2) is 42.5 Å². The summed E-state index contributed by atoms with van der Waals surface area (Å²) in [5, 5.41) is 8.91. The van der Waals surface area contributed by atoms with Crippen LogP contribution in [0.25, 0.3) is 6.08 Å². The van der Waals surface area contributed by atoms with E-state index < -0.39 is 17.6 Å². The van der Waals surface area contributed by atoms with Gasteiger partial charge in [0.25, 0.3) is 0 Å². The predicted molar refractivity (Wildman–Crippen MR) is 81.4 cm³/mol. The molecule has 2 aromatic rings. The van der Waals surface area contributed by atoms with E-state index >= 15 is 0 Å². The predicted octanol–water partition coefficient (Wildman–Crippen LogP) is 4.25. The van der Waals surface area contributed by atoms with Crippen molar-refractivity contribution in [2.24, 2.45) is 0 Å². The fourth-order valence-corrected chi connectivity index (χ4v) is 2.00. The first kappa shape index (κ1) is 16.7. The zero-order chi connectivity index (χ0) is 16.8. The summed E-state index contributed by atoms with van der Waals surface area (Å²) in [5.41, 5.74) is 0.393. The van der Waals surface area contributed by atoms with Crippen LogP contribution in [-0.2, 0) is 16.1 Å². The Morgan fingerprint density at radius 3 is 2.74 bits per heavy atom. The summed E-state index contributed by atoms with van der Waals surface area (Å²) in [6.45, 7) is -0.338. The van der Waals surface area contributed by atoms with Gasteiger partial charge in [0.1, 0.15) is 18.2 Å². The Kier molecular flexibility index (Phi) is 5.45.